The topological polar surface area (TPSA) is 84.9 Å². The van der Waals surface area contributed by atoms with Crippen LogP contribution in [0.15, 0.2) is 42.5 Å². The molecule has 0 saturated heterocycles. The fraction of sp³-hybridized carbons (Fsp3) is 0.400. The summed E-state index contributed by atoms with van der Waals surface area (Å²) >= 11 is 0. The van der Waals surface area contributed by atoms with Crippen LogP contribution in [0, 0.1) is 5.82 Å². The van der Waals surface area contributed by atoms with Gasteiger partial charge >= 0.3 is 12.1 Å². The predicted molar refractivity (Wildman–Crippen MR) is 120 cm³/mol. The molecule has 0 bridgehead atoms. The van der Waals surface area contributed by atoms with Crippen molar-refractivity contribution in [3.05, 3.63) is 70.5 Å². The molecule has 3 rings (SSSR count). The van der Waals surface area contributed by atoms with Gasteiger partial charge in [0.2, 0.25) is 0 Å². The molecule has 0 unspecified atom stereocenters. The lowest BCUT2D eigenvalue weighted by Crippen LogP contribution is -2.45. The molecule has 1 atom stereocenters. The molecule has 1 aliphatic rings. The van der Waals surface area contributed by atoms with E-state index in [9.17, 15) is 18.8 Å². The molecule has 0 aromatic heterocycles. The summed E-state index contributed by atoms with van der Waals surface area (Å²) in [5, 5.41) is 2.58. The third-order valence-corrected chi connectivity index (χ3v) is 5.28. The molecule has 0 spiro atoms. The lowest BCUT2D eigenvalue weighted by atomic mass is 9.94. The number of carbonyl (C=O) groups is 3. The number of rotatable bonds is 5. The van der Waals surface area contributed by atoms with Gasteiger partial charge in [0.15, 0.2) is 0 Å². The number of amides is 2. The number of alkyl carbamates (subject to hydrolysis) is 1. The molecular formula is C25H29FN2O5. The largest absolute Gasteiger partial charge is 0.467 e. The molecule has 2 aromatic rings. The lowest BCUT2D eigenvalue weighted by molar-refractivity contribution is -0.143. The number of hydrogen-bond acceptors (Lipinski definition) is 5. The first-order chi connectivity index (χ1) is 15.6. The summed E-state index contributed by atoms with van der Waals surface area (Å²) in [6.07, 6.45) is 0.210. The highest BCUT2D eigenvalue weighted by Crippen LogP contribution is 2.23. The first-order valence-corrected chi connectivity index (χ1v) is 10.8. The second kappa shape index (κ2) is 10.0. The maximum atomic E-state index is 13.1. The SMILES string of the molecule is COC(=O)[C@H](Cc1ccc2c(c1)CCN(C(=O)c1ccc(F)cc1)C2)NC(=O)OC(C)(C)C. The molecule has 1 aliphatic heterocycles. The van der Waals surface area contributed by atoms with E-state index < -0.39 is 23.7 Å². The van der Waals surface area contributed by atoms with Gasteiger partial charge in [-0.1, -0.05) is 18.2 Å². The number of hydrogen-bond donors (Lipinski definition) is 1. The van der Waals surface area contributed by atoms with Crippen molar-refractivity contribution in [3.8, 4) is 0 Å². The van der Waals surface area contributed by atoms with Crippen LogP contribution in [0.3, 0.4) is 0 Å². The summed E-state index contributed by atoms with van der Waals surface area (Å²) in [4.78, 5) is 38.8. The van der Waals surface area contributed by atoms with Gasteiger partial charge in [-0.2, -0.15) is 0 Å². The fourth-order valence-corrected chi connectivity index (χ4v) is 3.70. The Morgan fingerprint density at radius 1 is 1.09 bits per heavy atom. The molecule has 7 nitrogen and oxygen atoms in total. The molecule has 0 aliphatic carbocycles. The highest BCUT2D eigenvalue weighted by Gasteiger charge is 2.27. The van der Waals surface area contributed by atoms with Crippen molar-refractivity contribution >= 4 is 18.0 Å². The predicted octanol–water partition coefficient (Wildman–Crippen LogP) is 3.63. The van der Waals surface area contributed by atoms with Gasteiger partial charge in [-0.25, -0.2) is 14.0 Å². The number of esters is 1. The molecule has 0 radical (unpaired) electrons. The second-order valence-corrected chi connectivity index (χ2v) is 9.01. The Kier molecular flexibility index (Phi) is 7.36. The van der Waals surface area contributed by atoms with Crippen molar-refractivity contribution in [3.63, 3.8) is 0 Å². The summed E-state index contributed by atoms with van der Waals surface area (Å²) in [6.45, 7) is 6.21. The van der Waals surface area contributed by atoms with E-state index in [0.717, 1.165) is 16.7 Å². The summed E-state index contributed by atoms with van der Waals surface area (Å²) in [7, 11) is 1.27. The van der Waals surface area contributed by atoms with E-state index in [-0.39, 0.29) is 18.1 Å². The molecule has 176 valence electrons. The van der Waals surface area contributed by atoms with E-state index in [2.05, 4.69) is 5.32 Å². The molecule has 2 aromatic carbocycles. The Morgan fingerprint density at radius 2 is 1.79 bits per heavy atom. The molecule has 0 saturated carbocycles. The van der Waals surface area contributed by atoms with E-state index in [1.807, 2.05) is 18.2 Å². The van der Waals surface area contributed by atoms with Gasteiger partial charge < -0.3 is 19.7 Å². The standard InChI is InChI=1S/C25H29FN2O5/c1-25(2,3)33-24(31)27-21(23(30)32-4)14-16-5-6-19-15-28(12-11-18(19)13-16)22(29)17-7-9-20(26)10-8-17/h5-10,13,21H,11-12,14-15H2,1-4H3,(H,27,31)/t21-/m0/s1. The van der Waals surface area contributed by atoms with Crippen molar-refractivity contribution in [1.82, 2.24) is 10.2 Å². The van der Waals surface area contributed by atoms with Crippen LogP contribution in [0.4, 0.5) is 9.18 Å². The number of fused-ring (bicyclic) bond motifs is 1. The van der Waals surface area contributed by atoms with Gasteiger partial charge in [0, 0.05) is 25.1 Å². The van der Waals surface area contributed by atoms with Gasteiger partial charge in [-0.3, -0.25) is 4.79 Å². The summed E-state index contributed by atoms with van der Waals surface area (Å²) in [5.41, 5.74) is 2.71. The van der Waals surface area contributed by atoms with Crippen LogP contribution >= 0.6 is 0 Å². The summed E-state index contributed by atoms with van der Waals surface area (Å²) in [5.74, 6) is -1.08. The first kappa shape index (κ1) is 24.2. The Bertz CT molecular complexity index is 1030. The average Bonchev–Trinajstić information content (AvgIpc) is 2.76. The van der Waals surface area contributed by atoms with Crippen LogP contribution in [0.1, 0.15) is 47.8 Å². The zero-order valence-corrected chi connectivity index (χ0v) is 19.3. The minimum atomic E-state index is -0.886. The van der Waals surface area contributed by atoms with E-state index in [1.165, 1.54) is 31.4 Å². The number of benzene rings is 2. The van der Waals surface area contributed by atoms with Crippen molar-refractivity contribution < 1.29 is 28.2 Å². The molecule has 1 heterocycles. The third kappa shape index (κ3) is 6.54. The zero-order valence-electron chi connectivity index (χ0n) is 19.3. The van der Waals surface area contributed by atoms with Crippen LogP contribution in [0.2, 0.25) is 0 Å². The molecule has 8 heteroatoms. The normalized spacial score (nSPS) is 14.2. The number of halogens is 1. The van der Waals surface area contributed by atoms with Gasteiger partial charge in [0.05, 0.1) is 7.11 Å². The van der Waals surface area contributed by atoms with E-state index in [0.29, 0.717) is 25.1 Å². The maximum Gasteiger partial charge on any atom is 0.408 e. The molecule has 33 heavy (non-hydrogen) atoms. The minimum absolute atomic E-state index is 0.142. The first-order valence-electron chi connectivity index (χ1n) is 10.8. The van der Waals surface area contributed by atoms with Gasteiger partial charge in [-0.05, 0) is 68.1 Å². The summed E-state index contributed by atoms with van der Waals surface area (Å²) < 4.78 is 23.2. The number of nitrogens with zero attached hydrogens (tertiary/aromatic N) is 1. The fourth-order valence-electron chi connectivity index (χ4n) is 3.70. The molecular weight excluding hydrogens is 427 g/mol. The van der Waals surface area contributed by atoms with Crippen LogP contribution in [-0.4, -0.2) is 48.2 Å². The zero-order chi connectivity index (χ0) is 24.2. The number of ether oxygens (including phenoxy) is 2. The number of nitrogens with one attached hydrogen (secondary N) is 1. The van der Waals surface area contributed by atoms with Gasteiger partial charge in [-0.15, -0.1) is 0 Å². The second-order valence-electron chi connectivity index (χ2n) is 9.01. The number of carbonyl (C=O) groups excluding carboxylic acids is 3. The summed E-state index contributed by atoms with van der Waals surface area (Å²) in [6, 6.07) is 10.4. The number of methoxy groups -OCH3 is 1. The highest BCUT2D eigenvalue weighted by molar-refractivity contribution is 5.94. The van der Waals surface area contributed by atoms with E-state index >= 15 is 0 Å². The Morgan fingerprint density at radius 3 is 2.42 bits per heavy atom. The Labute approximate surface area is 192 Å². The van der Waals surface area contributed by atoms with E-state index in [4.69, 9.17) is 9.47 Å². The van der Waals surface area contributed by atoms with Gasteiger partial charge in [0.1, 0.15) is 17.5 Å². The highest BCUT2D eigenvalue weighted by atomic mass is 19.1. The smallest absolute Gasteiger partial charge is 0.408 e. The van der Waals surface area contributed by atoms with Crippen molar-refractivity contribution in [2.45, 2.75) is 51.8 Å². The lowest BCUT2D eigenvalue weighted by Gasteiger charge is -2.29. The van der Waals surface area contributed by atoms with Crippen LogP contribution in [-0.2, 0) is 33.7 Å². The Hall–Kier alpha value is -3.42. The van der Waals surface area contributed by atoms with Gasteiger partial charge in [0.25, 0.3) is 5.91 Å². The van der Waals surface area contributed by atoms with Crippen molar-refractivity contribution in [1.29, 1.82) is 0 Å². The molecule has 1 N–H and O–H groups in total. The Balaban J connectivity index is 1.69. The monoisotopic (exact) mass is 456 g/mol. The molecule has 2 amide bonds. The van der Waals surface area contributed by atoms with Crippen molar-refractivity contribution in [2.24, 2.45) is 0 Å². The minimum Gasteiger partial charge on any atom is -0.467 e. The van der Waals surface area contributed by atoms with Crippen LogP contribution < -0.4 is 5.32 Å². The van der Waals surface area contributed by atoms with Crippen molar-refractivity contribution in [2.75, 3.05) is 13.7 Å². The quantitative estimate of drug-likeness (QED) is 0.695. The average molecular weight is 457 g/mol. The van der Waals surface area contributed by atoms with Crippen LogP contribution in [0.5, 0.6) is 0 Å². The van der Waals surface area contributed by atoms with Crippen LogP contribution in [0.25, 0.3) is 0 Å². The molecule has 0 fully saturated rings. The van der Waals surface area contributed by atoms with E-state index in [1.54, 1.807) is 25.7 Å². The third-order valence-electron chi connectivity index (χ3n) is 5.28. The maximum absolute atomic E-state index is 13.1.